The summed E-state index contributed by atoms with van der Waals surface area (Å²) in [6.45, 7) is 15.5. The molecule has 0 aromatic carbocycles. The van der Waals surface area contributed by atoms with Gasteiger partial charge in [0, 0.05) is 18.6 Å². The van der Waals surface area contributed by atoms with Gasteiger partial charge in [0.1, 0.15) is 0 Å². The normalized spacial score (nSPS) is 17.5. The molecule has 0 atom stereocenters. The first-order valence-electron chi connectivity index (χ1n) is 16.8. The number of hydrogen-bond acceptors (Lipinski definition) is 4. The molecule has 0 saturated carbocycles. The van der Waals surface area contributed by atoms with E-state index in [9.17, 15) is 0 Å². The molecule has 0 radical (unpaired) electrons. The third-order valence-electron chi connectivity index (χ3n) is 8.74. The Balaban J connectivity index is 1.77. The Kier molecular flexibility index (Phi) is 19.3. The molecule has 0 bridgehead atoms. The van der Waals surface area contributed by atoms with Crippen molar-refractivity contribution in [1.29, 1.82) is 0 Å². The van der Waals surface area contributed by atoms with Crippen molar-refractivity contribution in [3.63, 3.8) is 0 Å². The van der Waals surface area contributed by atoms with Gasteiger partial charge in [-0.3, -0.25) is 9.80 Å². The average molecular weight is 523 g/mol. The molecule has 0 unspecified atom stereocenters. The van der Waals surface area contributed by atoms with Gasteiger partial charge < -0.3 is 9.47 Å². The molecule has 4 nitrogen and oxygen atoms in total. The van der Waals surface area contributed by atoms with E-state index in [1.807, 2.05) is 0 Å². The van der Waals surface area contributed by atoms with Crippen LogP contribution in [-0.4, -0.2) is 68.6 Å². The van der Waals surface area contributed by atoms with Gasteiger partial charge >= 0.3 is 0 Å². The third-order valence-corrected chi connectivity index (χ3v) is 8.74. The average Bonchev–Trinajstić information content (AvgIpc) is 3.62. The molecule has 220 valence electrons. The van der Waals surface area contributed by atoms with Crippen molar-refractivity contribution >= 4 is 0 Å². The van der Waals surface area contributed by atoms with Gasteiger partial charge in [0.15, 0.2) is 0 Å². The summed E-state index contributed by atoms with van der Waals surface area (Å²) < 4.78 is 12.9. The number of hydrogen-bond donors (Lipinski definition) is 0. The highest BCUT2D eigenvalue weighted by molar-refractivity contribution is 4.93. The highest BCUT2D eigenvalue weighted by atomic mass is 16.5. The van der Waals surface area contributed by atoms with Crippen molar-refractivity contribution in [2.24, 2.45) is 5.41 Å². The summed E-state index contributed by atoms with van der Waals surface area (Å²) in [4.78, 5) is 5.54. The predicted molar refractivity (Wildman–Crippen MR) is 160 cm³/mol. The fourth-order valence-corrected chi connectivity index (χ4v) is 6.56. The lowest BCUT2D eigenvalue weighted by Gasteiger charge is -2.47. The van der Waals surface area contributed by atoms with E-state index in [-0.39, 0.29) is 5.41 Å². The minimum absolute atomic E-state index is 0.0367. The van der Waals surface area contributed by atoms with Crippen LogP contribution in [0.1, 0.15) is 149 Å². The van der Waals surface area contributed by atoms with Gasteiger partial charge in [-0.2, -0.15) is 0 Å². The van der Waals surface area contributed by atoms with Gasteiger partial charge in [-0.05, 0) is 64.7 Å². The van der Waals surface area contributed by atoms with E-state index >= 15 is 0 Å². The molecule has 0 spiro atoms. The van der Waals surface area contributed by atoms with E-state index in [2.05, 4.69) is 30.6 Å². The largest absolute Gasteiger partial charge is 0.381 e. The molecular formula is C33H66N2O2. The minimum Gasteiger partial charge on any atom is -0.381 e. The molecule has 0 aliphatic carbocycles. The summed E-state index contributed by atoms with van der Waals surface area (Å²) in [5.74, 6) is 0. The standard InChI is InChI=1S/C33H66N2O2/c1-4-6-8-10-12-14-16-22-28-36-30-33(3,31-37-29-23-17-15-13-11-9-7-5-2)32(34-24-18-19-25-34)35-26-20-21-27-35/h32H,4-31H2,1-3H3. The Hall–Kier alpha value is -0.160. The van der Waals surface area contributed by atoms with Gasteiger partial charge in [-0.15, -0.1) is 0 Å². The van der Waals surface area contributed by atoms with E-state index in [0.717, 1.165) is 26.4 Å². The van der Waals surface area contributed by atoms with E-state index in [4.69, 9.17) is 9.47 Å². The Bertz CT molecular complexity index is 463. The number of nitrogens with zero attached hydrogens (tertiary/aromatic N) is 2. The molecule has 2 saturated heterocycles. The molecule has 37 heavy (non-hydrogen) atoms. The third kappa shape index (κ3) is 14.2. The highest BCUT2D eigenvalue weighted by Gasteiger charge is 2.43. The van der Waals surface area contributed by atoms with Gasteiger partial charge in [-0.1, -0.05) is 111 Å². The maximum absolute atomic E-state index is 6.45. The van der Waals surface area contributed by atoms with Crippen LogP contribution < -0.4 is 0 Å². The molecule has 0 N–H and O–H groups in total. The monoisotopic (exact) mass is 523 g/mol. The first kappa shape index (κ1) is 33.0. The molecule has 2 aliphatic rings. The summed E-state index contributed by atoms with van der Waals surface area (Å²) in [6.07, 6.45) is 27.6. The summed E-state index contributed by atoms with van der Waals surface area (Å²) in [5, 5.41) is 0. The summed E-state index contributed by atoms with van der Waals surface area (Å²) in [6, 6.07) is 0. The first-order valence-corrected chi connectivity index (χ1v) is 16.8. The van der Waals surface area contributed by atoms with Crippen molar-refractivity contribution < 1.29 is 9.47 Å². The van der Waals surface area contributed by atoms with Crippen LogP contribution in [0.4, 0.5) is 0 Å². The smallest absolute Gasteiger partial charge is 0.0722 e. The quantitative estimate of drug-likeness (QED) is 0.112. The molecule has 2 fully saturated rings. The number of rotatable bonds is 25. The lowest BCUT2D eigenvalue weighted by Crippen LogP contribution is -2.58. The van der Waals surface area contributed by atoms with Crippen LogP contribution in [0.5, 0.6) is 0 Å². The zero-order chi connectivity index (χ0) is 26.4. The van der Waals surface area contributed by atoms with Crippen molar-refractivity contribution in [2.45, 2.75) is 155 Å². The fraction of sp³-hybridized carbons (Fsp3) is 1.00. The second kappa shape index (κ2) is 21.6. The van der Waals surface area contributed by atoms with Crippen LogP contribution in [0.2, 0.25) is 0 Å². The number of unbranched alkanes of at least 4 members (excludes halogenated alkanes) is 14. The van der Waals surface area contributed by atoms with Crippen LogP contribution in [0.15, 0.2) is 0 Å². The molecule has 0 aromatic rings. The van der Waals surface area contributed by atoms with Gasteiger partial charge in [0.2, 0.25) is 0 Å². The van der Waals surface area contributed by atoms with Crippen LogP contribution in [-0.2, 0) is 9.47 Å². The molecule has 2 rings (SSSR count). The number of likely N-dealkylation sites (tertiary alicyclic amines) is 2. The van der Waals surface area contributed by atoms with Crippen molar-refractivity contribution in [3.05, 3.63) is 0 Å². The van der Waals surface area contributed by atoms with Gasteiger partial charge in [0.05, 0.1) is 19.4 Å². The van der Waals surface area contributed by atoms with Gasteiger partial charge in [0.25, 0.3) is 0 Å². The molecular weight excluding hydrogens is 456 g/mol. The second-order valence-corrected chi connectivity index (χ2v) is 12.6. The van der Waals surface area contributed by atoms with Crippen LogP contribution in [0.3, 0.4) is 0 Å². The summed E-state index contributed by atoms with van der Waals surface area (Å²) >= 11 is 0. The van der Waals surface area contributed by atoms with Crippen molar-refractivity contribution in [2.75, 3.05) is 52.6 Å². The molecule has 0 amide bonds. The zero-order valence-corrected chi connectivity index (χ0v) is 25.6. The first-order chi connectivity index (χ1) is 18.2. The number of ether oxygens (including phenoxy) is 2. The molecule has 4 heteroatoms. The molecule has 2 heterocycles. The van der Waals surface area contributed by atoms with Crippen molar-refractivity contribution in [1.82, 2.24) is 9.80 Å². The lowest BCUT2D eigenvalue weighted by molar-refractivity contribution is -0.106. The maximum Gasteiger partial charge on any atom is 0.0722 e. The van der Waals surface area contributed by atoms with E-state index < -0.39 is 0 Å². The van der Waals surface area contributed by atoms with E-state index in [0.29, 0.717) is 6.17 Å². The second-order valence-electron chi connectivity index (χ2n) is 12.6. The lowest BCUT2D eigenvalue weighted by atomic mass is 9.86. The maximum atomic E-state index is 6.45. The Labute approximate surface area is 232 Å². The molecule has 2 aliphatic heterocycles. The van der Waals surface area contributed by atoms with Crippen molar-refractivity contribution in [3.8, 4) is 0 Å². The Morgan fingerprint density at radius 1 is 0.514 bits per heavy atom. The Morgan fingerprint density at radius 3 is 1.19 bits per heavy atom. The van der Waals surface area contributed by atoms with Crippen LogP contribution in [0, 0.1) is 5.41 Å². The van der Waals surface area contributed by atoms with E-state index in [1.165, 1.54) is 155 Å². The predicted octanol–water partition coefficient (Wildman–Crippen LogP) is 8.83. The fourth-order valence-electron chi connectivity index (χ4n) is 6.56. The van der Waals surface area contributed by atoms with Crippen LogP contribution >= 0.6 is 0 Å². The summed E-state index contributed by atoms with van der Waals surface area (Å²) in [5.41, 5.74) is 0.0367. The summed E-state index contributed by atoms with van der Waals surface area (Å²) in [7, 11) is 0. The molecule has 0 aromatic heterocycles. The SMILES string of the molecule is CCCCCCCCCCOCC(C)(COCCCCCCCCCC)C(N1CCCC1)N1CCCC1. The van der Waals surface area contributed by atoms with Crippen LogP contribution in [0.25, 0.3) is 0 Å². The zero-order valence-electron chi connectivity index (χ0n) is 25.6. The minimum atomic E-state index is 0.0367. The Morgan fingerprint density at radius 2 is 0.838 bits per heavy atom. The van der Waals surface area contributed by atoms with E-state index in [1.54, 1.807) is 0 Å². The highest BCUT2D eigenvalue weighted by Crippen LogP contribution is 2.34. The topological polar surface area (TPSA) is 24.9 Å². The van der Waals surface area contributed by atoms with Gasteiger partial charge in [-0.25, -0.2) is 0 Å².